The number of alkyl halides is 3. The van der Waals surface area contributed by atoms with Crippen LogP contribution >= 0.6 is 0 Å². The van der Waals surface area contributed by atoms with Gasteiger partial charge in [-0.05, 0) is 42.5 Å². The van der Waals surface area contributed by atoms with Crippen LogP contribution in [0, 0.1) is 23.2 Å². The van der Waals surface area contributed by atoms with Crippen LogP contribution in [0.2, 0.25) is 0 Å². The first-order chi connectivity index (χ1) is 16.6. The van der Waals surface area contributed by atoms with E-state index in [9.17, 15) is 26.4 Å². The SMILES string of the molecule is N#Cc1ccc(N2C[C@H]3[C@H]([C@@H]4CC[C@H]3N(C(=O)OCc3ccccc3)C4)S2(=O)=O)cc1C(F)(F)F. The number of piperidine rings is 2. The van der Waals surface area contributed by atoms with E-state index in [1.54, 1.807) is 4.90 Å². The molecule has 1 aliphatic carbocycles. The second kappa shape index (κ2) is 8.45. The number of fused-ring (bicyclic) bond motifs is 2. The Morgan fingerprint density at radius 2 is 1.86 bits per heavy atom. The lowest BCUT2D eigenvalue weighted by atomic mass is 9.72. The van der Waals surface area contributed by atoms with Gasteiger partial charge in [0.2, 0.25) is 10.0 Å². The molecule has 1 amide bonds. The van der Waals surface area contributed by atoms with Gasteiger partial charge in [0.25, 0.3) is 0 Å². The first kappa shape index (κ1) is 23.5. The van der Waals surface area contributed by atoms with Crippen LogP contribution in [0.1, 0.15) is 29.5 Å². The van der Waals surface area contributed by atoms with E-state index in [4.69, 9.17) is 10.00 Å². The van der Waals surface area contributed by atoms with Crippen molar-refractivity contribution < 1.29 is 31.1 Å². The molecule has 3 heterocycles. The molecule has 0 unspecified atom stereocenters. The van der Waals surface area contributed by atoms with E-state index >= 15 is 0 Å². The average Bonchev–Trinajstić information content (AvgIpc) is 3.15. The van der Waals surface area contributed by atoms with Crippen LogP contribution in [0.4, 0.5) is 23.7 Å². The minimum Gasteiger partial charge on any atom is -0.445 e. The molecular weight excluding hydrogens is 483 g/mol. The van der Waals surface area contributed by atoms with Crippen LogP contribution in [0.15, 0.2) is 48.5 Å². The van der Waals surface area contributed by atoms with Gasteiger partial charge in [-0.3, -0.25) is 4.31 Å². The van der Waals surface area contributed by atoms with Crippen molar-refractivity contribution in [2.45, 2.75) is 36.9 Å². The third-order valence-corrected chi connectivity index (χ3v) is 9.63. The Labute approximate surface area is 200 Å². The van der Waals surface area contributed by atoms with Crippen molar-refractivity contribution in [1.29, 1.82) is 5.26 Å². The quantitative estimate of drug-likeness (QED) is 0.625. The maximum Gasteiger partial charge on any atom is 0.417 e. The van der Waals surface area contributed by atoms with Gasteiger partial charge in [-0.1, -0.05) is 30.3 Å². The van der Waals surface area contributed by atoms with Crippen molar-refractivity contribution in [3.05, 3.63) is 65.2 Å². The van der Waals surface area contributed by atoms with E-state index in [2.05, 4.69) is 0 Å². The summed E-state index contributed by atoms with van der Waals surface area (Å²) in [5.74, 6) is -0.772. The van der Waals surface area contributed by atoms with Crippen molar-refractivity contribution in [1.82, 2.24) is 4.90 Å². The molecule has 184 valence electrons. The van der Waals surface area contributed by atoms with Crippen molar-refractivity contribution in [3.8, 4) is 6.07 Å². The lowest BCUT2D eigenvalue weighted by Crippen LogP contribution is -2.61. The summed E-state index contributed by atoms with van der Waals surface area (Å²) in [6.07, 6.45) is -4.09. The van der Waals surface area contributed by atoms with Crippen molar-refractivity contribution >= 4 is 21.8 Å². The fourth-order valence-electron chi connectivity index (χ4n) is 5.72. The Morgan fingerprint density at radius 1 is 1.11 bits per heavy atom. The first-order valence-corrected chi connectivity index (χ1v) is 12.7. The van der Waals surface area contributed by atoms with Gasteiger partial charge >= 0.3 is 12.3 Å². The van der Waals surface area contributed by atoms with E-state index in [0.717, 1.165) is 22.0 Å². The molecule has 3 saturated heterocycles. The maximum atomic E-state index is 13.5. The van der Waals surface area contributed by atoms with Gasteiger partial charge in [0.1, 0.15) is 6.61 Å². The molecule has 2 aromatic carbocycles. The Kier molecular flexibility index (Phi) is 5.67. The molecule has 0 aromatic heterocycles. The number of hydrogen-bond acceptors (Lipinski definition) is 5. The number of nitriles is 1. The maximum absolute atomic E-state index is 13.5. The van der Waals surface area contributed by atoms with Gasteiger partial charge in [-0.2, -0.15) is 18.4 Å². The van der Waals surface area contributed by atoms with Gasteiger partial charge in [0.15, 0.2) is 0 Å². The highest BCUT2D eigenvalue weighted by atomic mass is 32.2. The molecule has 3 aliphatic heterocycles. The molecule has 2 bridgehead atoms. The van der Waals surface area contributed by atoms with Crippen molar-refractivity contribution in [2.24, 2.45) is 11.8 Å². The summed E-state index contributed by atoms with van der Waals surface area (Å²) in [6, 6.07) is 13.3. The van der Waals surface area contributed by atoms with E-state index < -0.39 is 44.6 Å². The van der Waals surface area contributed by atoms with Gasteiger partial charge in [0, 0.05) is 25.0 Å². The second-order valence-electron chi connectivity index (χ2n) is 9.14. The fraction of sp³-hybridized carbons (Fsp3) is 0.417. The number of ether oxygens (including phenoxy) is 1. The number of nitrogens with zero attached hydrogens (tertiary/aromatic N) is 3. The van der Waals surface area contributed by atoms with Crippen LogP contribution < -0.4 is 4.31 Å². The predicted molar refractivity (Wildman–Crippen MR) is 120 cm³/mol. The number of hydrogen-bond donors (Lipinski definition) is 0. The summed E-state index contributed by atoms with van der Waals surface area (Å²) in [5, 5.41) is 8.28. The highest BCUT2D eigenvalue weighted by Gasteiger charge is 2.60. The number of anilines is 1. The summed E-state index contributed by atoms with van der Waals surface area (Å²) in [5.41, 5.74) is -1.03. The van der Waals surface area contributed by atoms with Crippen LogP contribution in [0.5, 0.6) is 0 Å². The number of carbonyl (C=O) groups is 1. The normalized spacial score (nSPS) is 26.8. The minimum absolute atomic E-state index is 0.0279. The number of benzene rings is 2. The van der Waals surface area contributed by atoms with E-state index in [1.165, 1.54) is 12.1 Å². The second-order valence-corrected chi connectivity index (χ2v) is 11.2. The lowest BCUT2D eigenvalue weighted by molar-refractivity contribution is -0.137. The highest BCUT2D eigenvalue weighted by molar-refractivity contribution is 7.93. The van der Waals surface area contributed by atoms with Crippen LogP contribution in [0.3, 0.4) is 0 Å². The van der Waals surface area contributed by atoms with E-state index in [1.807, 2.05) is 30.3 Å². The lowest BCUT2D eigenvalue weighted by Gasteiger charge is -2.50. The van der Waals surface area contributed by atoms with E-state index in [0.29, 0.717) is 12.8 Å². The Bertz CT molecular complexity index is 1290. The molecule has 7 nitrogen and oxygen atoms in total. The van der Waals surface area contributed by atoms with Gasteiger partial charge in [0.05, 0.1) is 28.1 Å². The zero-order valence-electron chi connectivity index (χ0n) is 18.5. The molecular formula is C24H22F3N3O4S. The summed E-state index contributed by atoms with van der Waals surface area (Å²) >= 11 is 0. The van der Waals surface area contributed by atoms with Crippen molar-refractivity contribution in [2.75, 3.05) is 17.4 Å². The highest BCUT2D eigenvalue weighted by Crippen LogP contribution is 2.49. The summed E-state index contributed by atoms with van der Waals surface area (Å²) in [4.78, 5) is 14.5. The molecule has 4 aliphatic rings. The molecule has 0 N–H and O–H groups in total. The Balaban J connectivity index is 1.40. The number of rotatable bonds is 3. The first-order valence-electron chi connectivity index (χ1n) is 11.2. The average molecular weight is 506 g/mol. The Hall–Kier alpha value is -3.26. The number of amides is 1. The molecule has 35 heavy (non-hydrogen) atoms. The monoisotopic (exact) mass is 505 g/mol. The van der Waals surface area contributed by atoms with Gasteiger partial charge in [-0.25, -0.2) is 13.2 Å². The fourth-order valence-corrected chi connectivity index (χ4v) is 8.22. The molecule has 0 radical (unpaired) electrons. The summed E-state index contributed by atoms with van der Waals surface area (Å²) in [6.45, 7) is 0.297. The molecule has 4 fully saturated rings. The van der Waals surface area contributed by atoms with Gasteiger partial charge < -0.3 is 9.64 Å². The standard InChI is InChI=1S/C24H22F3N3O4S/c25-24(26,27)20-10-18(8-6-16(20)11-28)30-13-19-21-9-7-17(22(19)35(30,32)33)12-29(21)23(31)34-14-15-4-2-1-3-5-15/h1-6,8,10,17,19,21-22H,7,9,12-14H2/t17-,19-,21-,22+/m1/s1. The Morgan fingerprint density at radius 3 is 2.54 bits per heavy atom. The summed E-state index contributed by atoms with van der Waals surface area (Å²) < 4.78 is 73.9. The zero-order valence-corrected chi connectivity index (χ0v) is 19.3. The summed E-state index contributed by atoms with van der Waals surface area (Å²) in [7, 11) is -3.95. The minimum atomic E-state index is -4.80. The molecule has 1 saturated carbocycles. The van der Waals surface area contributed by atoms with Crippen molar-refractivity contribution in [3.63, 3.8) is 0 Å². The third-order valence-electron chi connectivity index (χ3n) is 7.23. The molecule has 11 heteroatoms. The molecule has 0 spiro atoms. The van der Waals surface area contributed by atoms with Gasteiger partial charge in [-0.15, -0.1) is 0 Å². The molecule has 2 aromatic rings. The number of sulfonamides is 1. The topological polar surface area (TPSA) is 90.7 Å². The van der Waals surface area contributed by atoms with Crippen LogP contribution in [-0.2, 0) is 27.5 Å². The molecule has 6 rings (SSSR count). The predicted octanol–water partition coefficient (Wildman–Crippen LogP) is 4.14. The largest absolute Gasteiger partial charge is 0.445 e. The molecule has 4 atom stereocenters. The van der Waals surface area contributed by atoms with Crippen LogP contribution in [0.25, 0.3) is 0 Å². The third kappa shape index (κ3) is 3.99. The zero-order chi connectivity index (χ0) is 25.0. The number of carbonyl (C=O) groups excluding carboxylic acids is 1. The smallest absolute Gasteiger partial charge is 0.417 e. The van der Waals surface area contributed by atoms with E-state index in [-0.39, 0.29) is 37.3 Å². The number of halogens is 3. The van der Waals surface area contributed by atoms with Crippen LogP contribution in [-0.4, -0.2) is 43.8 Å².